The summed E-state index contributed by atoms with van der Waals surface area (Å²) in [7, 11) is 0. The first-order valence-electron chi connectivity index (χ1n) is 6.48. The first-order chi connectivity index (χ1) is 10.6. The van der Waals surface area contributed by atoms with Gasteiger partial charge in [-0.15, -0.1) is 8.78 Å². The van der Waals surface area contributed by atoms with Crippen LogP contribution in [-0.2, 0) is 0 Å². The van der Waals surface area contributed by atoms with Crippen molar-refractivity contribution in [3.05, 3.63) is 48.2 Å². The molecule has 108 valence electrons. The van der Waals surface area contributed by atoms with Crippen LogP contribution in [0.1, 0.15) is 5.56 Å². The Labute approximate surface area is 123 Å². The second-order valence-electron chi connectivity index (χ2n) is 4.87. The number of aromatic amines is 1. The lowest BCUT2D eigenvalue weighted by Gasteiger charge is -2.06. The fraction of sp³-hybridized carbons (Fsp3) is 0.0625. The Morgan fingerprint density at radius 1 is 1.09 bits per heavy atom. The van der Waals surface area contributed by atoms with E-state index >= 15 is 0 Å². The lowest BCUT2D eigenvalue weighted by atomic mass is 10.0. The highest BCUT2D eigenvalue weighted by Gasteiger charge is 2.44. The van der Waals surface area contributed by atoms with Crippen LogP contribution in [0.5, 0.6) is 11.5 Å². The molecule has 3 aromatic rings. The maximum absolute atomic E-state index is 13.3. The van der Waals surface area contributed by atoms with Crippen LogP contribution in [0.3, 0.4) is 0 Å². The lowest BCUT2D eigenvalue weighted by molar-refractivity contribution is -0.286. The van der Waals surface area contributed by atoms with Crippen molar-refractivity contribution in [2.75, 3.05) is 0 Å². The molecular weight excluding hydrogens is 290 g/mol. The number of ether oxygens (including phenoxy) is 2. The van der Waals surface area contributed by atoms with Crippen LogP contribution in [-0.4, -0.2) is 11.3 Å². The number of halogens is 2. The van der Waals surface area contributed by atoms with Crippen LogP contribution in [0.4, 0.5) is 8.78 Å². The monoisotopic (exact) mass is 298 g/mol. The molecule has 1 N–H and O–H groups in total. The van der Waals surface area contributed by atoms with Crippen molar-refractivity contribution in [1.29, 1.82) is 5.26 Å². The van der Waals surface area contributed by atoms with E-state index in [0.717, 1.165) is 10.9 Å². The van der Waals surface area contributed by atoms with Crippen molar-refractivity contribution in [2.24, 2.45) is 0 Å². The summed E-state index contributed by atoms with van der Waals surface area (Å²) in [4.78, 5) is 3.06. The van der Waals surface area contributed by atoms with Gasteiger partial charge in [-0.2, -0.15) is 5.26 Å². The highest BCUT2D eigenvalue weighted by molar-refractivity contribution is 5.98. The molecule has 0 spiro atoms. The predicted octanol–water partition coefficient (Wildman–Crippen LogP) is 4.03. The van der Waals surface area contributed by atoms with Gasteiger partial charge in [0.25, 0.3) is 0 Å². The van der Waals surface area contributed by atoms with Gasteiger partial charge in [-0.05, 0) is 24.3 Å². The Bertz CT molecular complexity index is 941. The molecule has 1 aromatic heterocycles. The molecule has 1 aliphatic rings. The number of nitrogens with one attached hydrogen (secondary N) is 1. The molecule has 0 fully saturated rings. The molecule has 1 aliphatic heterocycles. The van der Waals surface area contributed by atoms with Crippen molar-refractivity contribution in [2.45, 2.75) is 6.29 Å². The van der Waals surface area contributed by atoms with Crippen LogP contribution in [0.25, 0.3) is 22.0 Å². The van der Waals surface area contributed by atoms with E-state index in [9.17, 15) is 8.78 Å². The average molecular weight is 298 g/mol. The summed E-state index contributed by atoms with van der Waals surface area (Å²) >= 11 is 0. The summed E-state index contributed by atoms with van der Waals surface area (Å²) in [5.41, 5.74) is 2.45. The van der Waals surface area contributed by atoms with E-state index in [1.54, 1.807) is 36.5 Å². The molecule has 0 radical (unpaired) electrons. The zero-order valence-electron chi connectivity index (χ0n) is 11.1. The number of hydrogen-bond acceptors (Lipinski definition) is 3. The normalized spacial score (nSPS) is 15.0. The third kappa shape index (κ3) is 1.79. The van der Waals surface area contributed by atoms with Gasteiger partial charge in [0.05, 0.1) is 11.6 Å². The molecule has 4 nitrogen and oxygen atoms in total. The van der Waals surface area contributed by atoms with Crippen LogP contribution in [0, 0.1) is 11.3 Å². The highest BCUT2D eigenvalue weighted by atomic mass is 19.3. The number of para-hydroxylation sites is 1. The van der Waals surface area contributed by atoms with Gasteiger partial charge < -0.3 is 14.5 Å². The van der Waals surface area contributed by atoms with Gasteiger partial charge in [0.1, 0.15) is 0 Å². The number of H-pyrrole nitrogens is 1. The quantitative estimate of drug-likeness (QED) is 0.738. The largest absolute Gasteiger partial charge is 0.586 e. The van der Waals surface area contributed by atoms with Gasteiger partial charge in [-0.1, -0.05) is 12.1 Å². The molecule has 0 unspecified atom stereocenters. The zero-order valence-corrected chi connectivity index (χ0v) is 11.1. The Kier molecular flexibility index (Phi) is 2.42. The molecule has 2 aromatic carbocycles. The minimum absolute atomic E-state index is 0.00393. The SMILES string of the molecule is N#Cc1ccc2[nH]cc(-c3cccc4c3OC(F)(F)O4)c2c1. The molecule has 0 aliphatic carbocycles. The molecule has 6 heteroatoms. The van der Waals surface area contributed by atoms with Crippen molar-refractivity contribution in [3.8, 4) is 28.7 Å². The van der Waals surface area contributed by atoms with Gasteiger partial charge in [-0.3, -0.25) is 0 Å². The molecule has 0 saturated carbocycles. The fourth-order valence-electron chi connectivity index (χ4n) is 2.59. The minimum Gasteiger partial charge on any atom is -0.395 e. The van der Waals surface area contributed by atoms with E-state index in [-0.39, 0.29) is 11.5 Å². The molecule has 22 heavy (non-hydrogen) atoms. The number of hydrogen-bond donors (Lipinski definition) is 1. The Hall–Kier alpha value is -3.07. The van der Waals surface area contributed by atoms with Gasteiger partial charge in [-0.25, -0.2) is 0 Å². The summed E-state index contributed by atoms with van der Waals surface area (Å²) in [6.07, 6.45) is -1.97. The standard InChI is InChI=1S/C16H8F2N2O2/c17-16(18)21-14-3-1-2-10(15(14)22-16)12-8-20-13-5-4-9(7-19)6-11(12)13/h1-6,8,20H. The molecular formula is C16H8F2N2O2. The van der Waals surface area contributed by atoms with Gasteiger partial charge in [0, 0.05) is 28.2 Å². The number of fused-ring (bicyclic) bond motifs is 2. The number of alkyl halides is 2. The van der Waals surface area contributed by atoms with Crippen LogP contribution >= 0.6 is 0 Å². The van der Waals surface area contributed by atoms with Crippen molar-refractivity contribution in [3.63, 3.8) is 0 Å². The molecule has 0 saturated heterocycles. The van der Waals surface area contributed by atoms with Crippen molar-refractivity contribution >= 4 is 10.9 Å². The molecule has 0 bridgehead atoms. The molecule has 4 rings (SSSR count). The number of benzene rings is 2. The molecule has 0 amide bonds. The summed E-state index contributed by atoms with van der Waals surface area (Å²) < 4.78 is 35.7. The summed E-state index contributed by atoms with van der Waals surface area (Å²) in [6.45, 7) is 0. The van der Waals surface area contributed by atoms with E-state index in [1.807, 2.05) is 0 Å². The second-order valence-corrected chi connectivity index (χ2v) is 4.87. The van der Waals surface area contributed by atoms with E-state index in [2.05, 4.69) is 20.5 Å². The predicted molar refractivity (Wildman–Crippen MR) is 74.7 cm³/mol. The van der Waals surface area contributed by atoms with Gasteiger partial charge in [0.2, 0.25) is 0 Å². The first-order valence-corrected chi connectivity index (χ1v) is 6.48. The van der Waals surface area contributed by atoms with Gasteiger partial charge in [0.15, 0.2) is 11.5 Å². The van der Waals surface area contributed by atoms with E-state index in [1.165, 1.54) is 6.07 Å². The number of rotatable bonds is 1. The summed E-state index contributed by atoms with van der Waals surface area (Å²) in [6, 6.07) is 11.9. The number of nitrogens with zero attached hydrogens (tertiary/aromatic N) is 1. The second kappa shape index (κ2) is 4.21. The lowest BCUT2D eigenvalue weighted by Crippen LogP contribution is -2.26. The van der Waals surface area contributed by atoms with Crippen molar-refractivity contribution in [1.82, 2.24) is 4.98 Å². The Balaban J connectivity index is 1.95. The third-order valence-corrected chi connectivity index (χ3v) is 3.53. The Morgan fingerprint density at radius 2 is 1.95 bits per heavy atom. The topological polar surface area (TPSA) is 58.0 Å². The molecule has 2 heterocycles. The van der Waals surface area contributed by atoms with Crippen LogP contribution in [0.15, 0.2) is 42.6 Å². The fourth-order valence-corrected chi connectivity index (χ4v) is 2.59. The summed E-state index contributed by atoms with van der Waals surface area (Å²) in [5.74, 6) is -0.0101. The third-order valence-electron chi connectivity index (χ3n) is 3.53. The van der Waals surface area contributed by atoms with E-state index < -0.39 is 6.29 Å². The van der Waals surface area contributed by atoms with Crippen LogP contribution in [0.2, 0.25) is 0 Å². The summed E-state index contributed by atoms with van der Waals surface area (Å²) in [5, 5.41) is 9.77. The highest BCUT2D eigenvalue weighted by Crippen LogP contribution is 2.48. The average Bonchev–Trinajstić information content (AvgIpc) is 3.04. The van der Waals surface area contributed by atoms with E-state index in [4.69, 9.17) is 5.26 Å². The smallest absolute Gasteiger partial charge is 0.395 e. The van der Waals surface area contributed by atoms with Crippen molar-refractivity contribution < 1.29 is 18.3 Å². The maximum atomic E-state index is 13.3. The minimum atomic E-state index is -3.66. The van der Waals surface area contributed by atoms with Gasteiger partial charge >= 0.3 is 6.29 Å². The zero-order chi connectivity index (χ0) is 15.3. The Morgan fingerprint density at radius 3 is 2.77 bits per heavy atom. The number of aromatic nitrogens is 1. The first kappa shape index (κ1) is 12.7. The van der Waals surface area contributed by atoms with E-state index in [0.29, 0.717) is 16.7 Å². The molecule has 0 atom stereocenters. The number of nitriles is 1. The maximum Gasteiger partial charge on any atom is 0.586 e. The van der Waals surface area contributed by atoms with Crippen LogP contribution < -0.4 is 9.47 Å².